The number of aliphatic carboxylic acids is 1. The van der Waals surface area contributed by atoms with Crippen molar-refractivity contribution in [3.8, 4) is 23.0 Å². The third-order valence-corrected chi connectivity index (χ3v) is 6.33. The molecule has 0 aliphatic heterocycles. The van der Waals surface area contributed by atoms with Crippen LogP contribution in [0.3, 0.4) is 0 Å². The molecule has 1 aromatic heterocycles. The maximum atomic E-state index is 12.5. The maximum absolute atomic E-state index is 12.5. The van der Waals surface area contributed by atoms with Gasteiger partial charge in [0.15, 0.2) is 0 Å². The number of oxazole rings is 1. The molecule has 0 radical (unpaired) electrons. The highest BCUT2D eigenvalue weighted by atomic mass is 16.5. The van der Waals surface area contributed by atoms with Crippen molar-refractivity contribution >= 4 is 11.9 Å². The Morgan fingerprint density at radius 3 is 2.41 bits per heavy atom. The molecule has 1 atom stereocenters. The van der Waals surface area contributed by atoms with Crippen molar-refractivity contribution in [3.63, 3.8) is 0 Å². The van der Waals surface area contributed by atoms with Crippen LogP contribution in [-0.4, -0.2) is 41.7 Å². The van der Waals surface area contributed by atoms with Gasteiger partial charge >= 0.3 is 5.97 Å². The van der Waals surface area contributed by atoms with Crippen LogP contribution >= 0.6 is 0 Å². The van der Waals surface area contributed by atoms with E-state index in [1.807, 2.05) is 61.5 Å². The molecule has 0 saturated heterocycles. The van der Waals surface area contributed by atoms with E-state index in [2.05, 4.69) is 10.3 Å². The SMILES string of the molecule is COc1ccccc1CCC(=O)N[C@@H](Cc1ccc(OCCc2nc(-c3ccccc3)oc2C)cc1)C(=O)O. The van der Waals surface area contributed by atoms with E-state index in [4.69, 9.17) is 13.9 Å². The first-order valence-electron chi connectivity index (χ1n) is 12.8. The van der Waals surface area contributed by atoms with Crippen LogP contribution in [0.4, 0.5) is 0 Å². The third kappa shape index (κ3) is 7.70. The number of ether oxygens (including phenoxy) is 2. The van der Waals surface area contributed by atoms with Gasteiger partial charge in [-0.05, 0) is 54.8 Å². The molecule has 2 N–H and O–H groups in total. The summed E-state index contributed by atoms with van der Waals surface area (Å²) in [6.45, 7) is 2.31. The van der Waals surface area contributed by atoms with E-state index in [1.54, 1.807) is 31.4 Å². The van der Waals surface area contributed by atoms with E-state index in [9.17, 15) is 14.7 Å². The van der Waals surface area contributed by atoms with Gasteiger partial charge in [-0.3, -0.25) is 4.79 Å². The molecule has 0 bridgehead atoms. The molecule has 0 saturated carbocycles. The maximum Gasteiger partial charge on any atom is 0.326 e. The number of amides is 1. The molecule has 1 heterocycles. The summed E-state index contributed by atoms with van der Waals surface area (Å²) in [4.78, 5) is 28.9. The van der Waals surface area contributed by atoms with Gasteiger partial charge in [-0.25, -0.2) is 9.78 Å². The lowest BCUT2D eigenvalue weighted by molar-refractivity contribution is -0.141. The Balaban J connectivity index is 1.26. The number of rotatable bonds is 13. The Bertz CT molecular complexity index is 1380. The molecule has 0 spiro atoms. The molecule has 4 rings (SSSR count). The predicted octanol–water partition coefficient (Wildman–Crippen LogP) is 5.02. The monoisotopic (exact) mass is 528 g/mol. The lowest BCUT2D eigenvalue weighted by Gasteiger charge is -2.15. The number of hydrogen-bond acceptors (Lipinski definition) is 6. The molecule has 0 aliphatic carbocycles. The number of carboxylic acids is 1. The molecule has 0 fully saturated rings. The largest absolute Gasteiger partial charge is 0.496 e. The second-order valence-electron chi connectivity index (χ2n) is 9.10. The van der Waals surface area contributed by atoms with E-state index in [1.165, 1.54) is 0 Å². The molecule has 202 valence electrons. The van der Waals surface area contributed by atoms with Crippen molar-refractivity contribution in [3.05, 3.63) is 101 Å². The standard InChI is InChI=1S/C31H32N2O6/c1-21-26(33-30(39-21)24-9-4-3-5-10-24)18-19-38-25-15-12-22(13-16-25)20-27(31(35)36)32-29(34)17-14-23-8-6-7-11-28(23)37-2/h3-13,15-16,27H,14,17-20H2,1-2H3,(H,32,34)(H,35,36)/t27-/m0/s1. The van der Waals surface area contributed by atoms with E-state index < -0.39 is 12.0 Å². The van der Waals surface area contributed by atoms with Crippen molar-refractivity contribution in [2.24, 2.45) is 0 Å². The van der Waals surface area contributed by atoms with Crippen LogP contribution in [0.15, 0.2) is 83.3 Å². The van der Waals surface area contributed by atoms with Gasteiger partial charge in [-0.15, -0.1) is 0 Å². The summed E-state index contributed by atoms with van der Waals surface area (Å²) < 4.78 is 17.0. The number of carbonyl (C=O) groups excluding carboxylic acids is 1. The third-order valence-electron chi connectivity index (χ3n) is 6.33. The number of para-hydroxylation sites is 1. The quantitative estimate of drug-likeness (QED) is 0.251. The van der Waals surface area contributed by atoms with Gasteiger partial charge in [0.1, 0.15) is 23.3 Å². The number of nitrogens with one attached hydrogen (secondary N) is 1. The van der Waals surface area contributed by atoms with Gasteiger partial charge in [0.2, 0.25) is 11.8 Å². The number of aryl methyl sites for hydroxylation is 2. The molecule has 8 heteroatoms. The number of nitrogens with zero attached hydrogens (tertiary/aromatic N) is 1. The average molecular weight is 529 g/mol. The summed E-state index contributed by atoms with van der Waals surface area (Å²) in [7, 11) is 1.58. The van der Waals surface area contributed by atoms with Crippen LogP contribution in [0.1, 0.15) is 29.0 Å². The van der Waals surface area contributed by atoms with Crippen molar-refractivity contribution in [2.75, 3.05) is 13.7 Å². The Morgan fingerprint density at radius 1 is 0.974 bits per heavy atom. The average Bonchev–Trinajstić information content (AvgIpc) is 3.33. The van der Waals surface area contributed by atoms with Gasteiger partial charge in [-0.2, -0.15) is 0 Å². The highest BCUT2D eigenvalue weighted by Crippen LogP contribution is 2.22. The smallest absolute Gasteiger partial charge is 0.326 e. The first kappa shape index (κ1) is 27.4. The van der Waals surface area contributed by atoms with E-state index in [-0.39, 0.29) is 18.7 Å². The topological polar surface area (TPSA) is 111 Å². The van der Waals surface area contributed by atoms with Gasteiger partial charge in [0, 0.05) is 24.8 Å². The number of carboxylic acid groups (broad SMARTS) is 1. The summed E-state index contributed by atoms with van der Waals surface area (Å²) in [5.74, 6) is 1.31. The first-order chi connectivity index (χ1) is 18.9. The number of aromatic nitrogens is 1. The number of benzene rings is 3. The summed E-state index contributed by atoms with van der Waals surface area (Å²) in [6.07, 6.45) is 1.37. The van der Waals surface area contributed by atoms with Gasteiger partial charge < -0.3 is 24.3 Å². The summed E-state index contributed by atoms with van der Waals surface area (Å²) in [6, 6.07) is 23.4. The van der Waals surface area contributed by atoms with Crippen molar-refractivity contribution < 1.29 is 28.6 Å². The Kier molecular flexibility index (Phi) is 9.34. The second kappa shape index (κ2) is 13.3. The van der Waals surface area contributed by atoms with Gasteiger partial charge in [0.05, 0.1) is 19.4 Å². The Hall–Kier alpha value is -4.59. The Labute approximate surface area is 227 Å². The van der Waals surface area contributed by atoms with Gasteiger partial charge in [-0.1, -0.05) is 48.5 Å². The first-order valence-corrected chi connectivity index (χ1v) is 12.8. The van der Waals surface area contributed by atoms with Crippen LogP contribution in [0, 0.1) is 6.92 Å². The lowest BCUT2D eigenvalue weighted by atomic mass is 10.0. The van der Waals surface area contributed by atoms with Crippen molar-refractivity contribution in [2.45, 2.75) is 38.6 Å². The normalized spacial score (nSPS) is 11.5. The molecule has 8 nitrogen and oxygen atoms in total. The zero-order valence-electron chi connectivity index (χ0n) is 22.1. The lowest BCUT2D eigenvalue weighted by Crippen LogP contribution is -2.42. The molecule has 39 heavy (non-hydrogen) atoms. The summed E-state index contributed by atoms with van der Waals surface area (Å²) in [5.41, 5.74) is 3.44. The summed E-state index contributed by atoms with van der Waals surface area (Å²) in [5, 5.41) is 12.3. The zero-order chi connectivity index (χ0) is 27.6. The van der Waals surface area contributed by atoms with Crippen LogP contribution in [0.5, 0.6) is 11.5 Å². The fourth-order valence-corrected chi connectivity index (χ4v) is 4.21. The highest BCUT2D eigenvalue weighted by Gasteiger charge is 2.21. The molecular weight excluding hydrogens is 496 g/mol. The number of methoxy groups -OCH3 is 1. The molecular formula is C31H32N2O6. The van der Waals surface area contributed by atoms with E-state index in [0.29, 0.717) is 36.8 Å². The second-order valence-corrected chi connectivity index (χ2v) is 9.10. The van der Waals surface area contributed by atoms with Crippen molar-refractivity contribution in [1.82, 2.24) is 10.3 Å². The van der Waals surface area contributed by atoms with Crippen LogP contribution in [0.2, 0.25) is 0 Å². The van der Waals surface area contributed by atoms with Crippen LogP contribution < -0.4 is 14.8 Å². The summed E-state index contributed by atoms with van der Waals surface area (Å²) >= 11 is 0. The minimum absolute atomic E-state index is 0.161. The molecule has 1 amide bonds. The fraction of sp³-hybridized carbons (Fsp3) is 0.258. The highest BCUT2D eigenvalue weighted by molar-refractivity contribution is 5.83. The number of hydrogen-bond donors (Lipinski definition) is 2. The minimum atomic E-state index is -1.08. The fourth-order valence-electron chi connectivity index (χ4n) is 4.21. The molecule has 0 aliphatic rings. The van der Waals surface area contributed by atoms with E-state index in [0.717, 1.165) is 28.1 Å². The molecule has 0 unspecified atom stereocenters. The molecule has 4 aromatic rings. The van der Waals surface area contributed by atoms with Crippen LogP contribution in [0.25, 0.3) is 11.5 Å². The predicted molar refractivity (Wildman–Crippen MR) is 147 cm³/mol. The minimum Gasteiger partial charge on any atom is -0.496 e. The van der Waals surface area contributed by atoms with Crippen molar-refractivity contribution in [1.29, 1.82) is 0 Å². The van der Waals surface area contributed by atoms with Gasteiger partial charge in [0.25, 0.3) is 0 Å². The zero-order valence-corrected chi connectivity index (χ0v) is 22.1. The van der Waals surface area contributed by atoms with E-state index >= 15 is 0 Å². The Morgan fingerprint density at radius 2 is 1.69 bits per heavy atom. The van der Waals surface area contributed by atoms with Crippen LogP contribution in [-0.2, 0) is 28.9 Å². The molecule has 3 aromatic carbocycles. The number of carbonyl (C=O) groups is 2.